The molecule has 0 N–H and O–H groups in total. The predicted molar refractivity (Wildman–Crippen MR) is 236 cm³/mol. The van der Waals surface area contributed by atoms with Crippen LogP contribution in [0.25, 0.3) is 79.8 Å². The maximum atomic E-state index is 2.40. The van der Waals surface area contributed by atoms with Crippen LogP contribution in [-0.4, -0.2) is 19.1 Å². The molecule has 0 fully saturated rings. The molecule has 2 heterocycles. The molecule has 9 aromatic carbocycles. The van der Waals surface area contributed by atoms with E-state index in [1.165, 1.54) is 74.1 Å². The molecular formula is C52H34N2Se. The van der Waals surface area contributed by atoms with Crippen molar-refractivity contribution < 1.29 is 0 Å². The van der Waals surface area contributed by atoms with Crippen molar-refractivity contribution in [2.45, 2.75) is 0 Å². The van der Waals surface area contributed by atoms with E-state index in [1.54, 1.807) is 0 Å². The zero-order chi connectivity index (χ0) is 36.3. The Bertz CT molecular complexity index is 3180. The number of anilines is 3. The Hall–Kier alpha value is -6.64. The molecule has 0 saturated carbocycles. The maximum absolute atomic E-state index is 2.40. The molecule has 11 rings (SSSR count). The van der Waals surface area contributed by atoms with E-state index in [9.17, 15) is 0 Å². The molecule has 0 radical (unpaired) electrons. The Kier molecular flexibility index (Phi) is 7.55. The molecule has 0 saturated heterocycles. The molecule has 0 aliphatic rings. The van der Waals surface area contributed by atoms with Crippen LogP contribution in [0, 0.1) is 0 Å². The number of para-hydroxylation sites is 2. The van der Waals surface area contributed by atoms with Crippen LogP contribution >= 0.6 is 0 Å². The monoisotopic (exact) mass is 766 g/mol. The van der Waals surface area contributed by atoms with Gasteiger partial charge < -0.3 is 4.57 Å². The van der Waals surface area contributed by atoms with Gasteiger partial charge in [-0.15, -0.1) is 0 Å². The van der Waals surface area contributed by atoms with Gasteiger partial charge in [0.2, 0.25) is 0 Å². The van der Waals surface area contributed by atoms with Crippen molar-refractivity contribution in [3.05, 3.63) is 206 Å². The first-order valence-corrected chi connectivity index (χ1v) is 20.5. The Balaban J connectivity index is 1.06. The van der Waals surface area contributed by atoms with E-state index in [1.807, 2.05) is 0 Å². The first-order valence-electron chi connectivity index (χ1n) is 18.8. The van der Waals surface area contributed by atoms with Crippen molar-refractivity contribution in [3.8, 4) is 27.9 Å². The molecule has 0 bridgehead atoms. The molecular weight excluding hydrogens is 732 g/mol. The average Bonchev–Trinajstić information content (AvgIpc) is 3.79. The number of nitrogens with zero attached hydrogens (tertiary/aromatic N) is 2. The fourth-order valence-corrected chi connectivity index (χ4v) is 10.7. The van der Waals surface area contributed by atoms with Crippen LogP contribution in [-0.2, 0) is 0 Å². The minimum Gasteiger partial charge on any atom is -0.0602 e. The van der Waals surface area contributed by atoms with Gasteiger partial charge in [-0.05, 0) is 40.1 Å². The van der Waals surface area contributed by atoms with E-state index < -0.39 is 0 Å². The quantitative estimate of drug-likeness (QED) is 0.153. The first kappa shape index (κ1) is 31.8. The Labute approximate surface area is 325 Å². The molecule has 258 valence electrons. The second kappa shape index (κ2) is 13.0. The van der Waals surface area contributed by atoms with E-state index in [0.717, 1.165) is 22.7 Å². The van der Waals surface area contributed by atoms with E-state index in [2.05, 4.69) is 216 Å². The second-order valence-electron chi connectivity index (χ2n) is 14.2. The zero-order valence-corrected chi connectivity index (χ0v) is 31.6. The number of hydrogen-bond donors (Lipinski definition) is 0. The second-order valence-corrected chi connectivity index (χ2v) is 16.4. The third-order valence-corrected chi connectivity index (χ3v) is 13.4. The fourth-order valence-electron chi connectivity index (χ4n) is 8.38. The van der Waals surface area contributed by atoms with Crippen molar-refractivity contribution in [2.24, 2.45) is 0 Å². The molecule has 0 aliphatic heterocycles. The molecule has 55 heavy (non-hydrogen) atoms. The molecule has 3 heteroatoms. The molecule has 2 aromatic heterocycles. The van der Waals surface area contributed by atoms with Gasteiger partial charge in [-0.25, -0.2) is 0 Å². The standard InChI is InChI=1S/C52H34N2Se/c1-2-13-39(14-3-1)54-49-19-8-6-16-45(49)46-31-30-42(34-50(46)54)53(41-28-23-37(24-29-41)44-18-10-12-36-11-4-5-15-43(36)44)40-26-21-35(22-27-40)38-25-32-52-48(33-38)47-17-7-9-20-51(47)55-52/h1-34H. The molecule has 0 spiro atoms. The van der Waals surface area contributed by atoms with Crippen molar-refractivity contribution in [1.29, 1.82) is 0 Å². The first-order chi connectivity index (χ1) is 27.3. The summed E-state index contributed by atoms with van der Waals surface area (Å²) in [6.45, 7) is 0. The van der Waals surface area contributed by atoms with Crippen LogP contribution in [0.3, 0.4) is 0 Å². The minimum atomic E-state index is 0.366. The molecule has 0 unspecified atom stereocenters. The number of fused-ring (bicyclic) bond motifs is 7. The van der Waals surface area contributed by atoms with Crippen molar-refractivity contribution in [2.75, 3.05) is 4.90 Å². The molecule has 0 amide bonds. The van der Waals surface area contributed by atoms with Crippen molar-refractivity contribution in [3.63, 3.8) is 0 Å². The van der Waals surface area contributed by atoms with Gasteiger partial charge in [0.25, 0.3) is 0 Å². The van der Waals surface area contributed by atoms with Gasteiger partial charge in [-0.3, -0.25) is 0 Å². The molecule has 11 aromatic rings. The summed E-state index contributed by atoms with van der Waals surface area (Å²) in [6, 6.07) is 75.6. The summed E-state index contributed by atoms with van der Waals surface area (Å²) in [5.41, 5.74) is 11.8. The van der Waals surface area contributed by atoms with Gasteiger partial charge >= 0.3 is 182 Å². The smallest absolute Gasteiger partial charge is 0.0602 e. The SMILES string of the molecule is c1ccc(-n2c3ccccc3c3ccc(N(c4ccc(-c5ccc6[se]c7ccccc7c6c5)cc4)c4ccc(-c5cccc6ccccc56)cc4)cc32)cc1. The Morgan fingerprint density at radius 3 is 1.76 bits per heavy atom. The van der Waals surface area contributed by atoms with Gasteiger partial charge in [0.1, 0.15) is 0 Å². The van der Waals surface area contributed by atoms with Crippen LogP contribution in [0.15, 0.2) is 206 Å². The molecule has 2 nitrogen and oxygen atoms in total. The molecule has 0 aliphatic carbocycles. The summed E-state index contributed by atoms with van der Waals surface area (Å²) in [5.74, 6) is 0. The Morgan fingerprint density at radius 1 is 0.345 bits per heavy atom. The normalized spacial score (nSPS) is 11.6. The van der Waals surface area contributed by atoms with Gasteiger partial charge in [-0.2, -0.15) is 0 Å². The van der Waals surface area contributed by atoms with E-state index in [-0.39, 0.29) is 0 Å². The summed E-state index contributed by atoms with van der Waals surface area (Å²) in [7, 11) is 0. The summed E-state index contributed by atoms with van der Waals surface area (Å²) >= 11 is 0.366. The summed E-state index contributed by atoms with van der Waals surface area (Å²) in [6.07, 6.45) is 0. The van der Waals surface area contributed by atoms with Crippen LogP contribution in [0.1, 0.15) is 0 Å². The Morgan fingerprint density at radius 2 is 0.945 bits per heavy atom. The third kappa shape index (κ3) is 5.40. The average molecular weight is 766 g/mol. The minimum absolute atomic E-state index is 0.366. The number of hydrogen-bond acceptors (Lipinski definition) is 1. The van der Waals surface area contributed by atoms with Gasteiger partial charge in [0.15, 0.2) is 0 Å². The van der Waals surface area contributed by atoms with Crippen LogP contribution in [0.4, 0.5) is 17.1 Å². The van der Waals surface area contributed by atoms with Crippen LogP contribution < -0.4 is 4.90 Å². The van der Waals surface area contributed by atoms with E-state index in [0.29, 0.717) is 14.5 Å². The van der Waals surface area contributed by atoms with Crippen LogP contribution in [0.2, 0.25) is 0 Å². The van der Waals surface area contributed by atoms with Gasteiger partial charge in [0, 0.05) is 16.5 Å². The van der Waals surface area contributed by atoms with E-state index in [4.69, 9.17) is 0 Å². The topological polar surface area (TPSA) is 8.17 Å². The van der Waals surface area contributed by atoms with Crippen LogP contribution in [0.5, 0.6) is 0 Å². The summed E-state index contributed by atoms with van der Waals surface area (Å²) in [4.78, 5) is 2.39. The predicted octanol–water partition coefficient (Wildman–Crippen LogP) is 14.1. The van der Waals surface area contributed by atoms with Crippen molar-refractivity contribution >= 4 is 83.4 Å². The number of aromatic nitrogens is 1. The molecule has 0 atom stereocenters. The number of benzene rings is 9. The third-order valence-electron chi connectivity index (χ3n) is 11.0. The van der Waals surface area contributed by atoms with Crippen molar-refractivity contribution in [1.82, 2.24) is 4.57 Å². The van der Waals surface area contributed by atoms with Gasteiger partial charge in [0.05, 0.1) is 5.52 Å². The summed E-state index contributed by atoms with van der Waals surface area (Å²) in [5, 5.41) is 7.78. The van der Waals surface area contributed by atoms with Gasteiger partial charge in [-0.1, -0.05) is 78.9 Å². The fraction of sp³-hybridized carbons (Fsp3) is 0. The number of rotatable bonds is 6. The summed E-state index contributed by atoms with van der Waals surface area (Å²) < 4.78 is 5.34. The zero-order valence-electron chi connectivity index (χ0n) is 29.9. The van der Waals surface area contributed by atoms with E-state index >= 15 is 0 Å².